The van der Waals surface area contributed by atoms with E-state index in [0.717, 1.165) is 24.9 Å². The zero-order chi connectivity index (χ0) is 24.7. The molecule has 7 nitrogen and oxygen atoms in total. The fraction of sp³-hybridized carbons (Fsp3) is 0.654. The first-order chi connectivity index (χ1) is 16.1. The first-order valence-corrected chi connectivity index (χ1v) is 13.2. The molecule has 3 amide bonds. The lowest BCUT2D eigenvalue weighted by Gasteiger charge is -2.39. The highest BCUT2D eigenvalue weighted by Gasteiger charge is 2.75. The SMILES string of the molecule is CC1C[C@@H]2SC13C(C(=O)NC(C)(C)C)N(CCCCCO)C(=O)[C@@H]3[C@@H]2C(=O)Nc1ccccc1. The van der Waals surface area contributed by atoms with Crippen molar-refractivity contribution in [2.24, 2.45) is 17.8 Å². The second-order valence-electron chi connectivity index (χ2n) is 11.0. The van der Waals surface area contributed by atoms with E-state index in [1.807, 2.05) is 51.1 Å². The lowest BCUT2D eigenvalue weighted by Crippen LogP contribution is -2.59. The van der Waals surface area contributed by atoms with Crippen molar-refractivity contribution in [2.75, 3.05) is 18.5 Å². The van der Waals surface area contributed by atoms with Crippen LogP contribution in [0.5, 0.6) is 0 Å². The van der Waals surface area contributed by atoms with Crippen molar-refractivity contribution >= 4 is 35.2 Å². The van der Waals surface area contributed by atoms with Crippen LogP contribution >= 0.6 is 11.8 Å². The minimum absolute atomic E-state index is 0.0223. The van der Waals surface area contributed by atoms with Crippen molar-refractivity contribution in [3.05, 3.63) is 30.3 Å². The number of thioether (sulfide) groups is 1. The van der Waals surface area contributed by atoms with Crippen LogP contribution in [0.15, 0.2) is 30.3 Å². The van der Waals surface area contributed by atoms with Crippen LogP contribution in [0.4, 0.5) is 5.69 Å². The van der Waals surface area contributed by atoms with E-state index in [1.54, 1.807) is 16.7 Å². The molecule has 1 aromatic rings. The number of benzene rings is 1. The number of likely N-dealkylation sites (tertiary alicyclic amines) is 1. The van der Waals surface area contributed by atoms with Gasteiger partial charge in [-0.3, -0.25) is 14.4 Å². The van der Waals surface area contributed by atoms with Crippen LogP contribution in [0.1, 0.15) is 53.4 Å². The number of amides is 3. The Bertz CT molecular complexity index is 934. The number of unbranched alkanes of at least 4 members (excludes halogenated alkanes) is 2. The fourth-order valence-electron chi connectivity index (χ4n) is 6.12. The normalized spacial score (nSPS) is 32.1. The molecule has 8 heteroatoms. The maximum atomic E-state index is 13.9. The van der Waals surface area contributed by atoms with Crippen LogP contribution in [0, 0.1) is 17.8 Å². The molecule has 2 bridgehead atoms. The lowest BCUT2D eigenvalue weighted by molar-refractivity contribution is -0.139. The number of para-hydroxylation sites is 1. The van der Waals surface area contributed by atoms with Crippen LogP contribution in [0.3, 0.4) is 0 Å². The van der Waals surface area contributed by atoms with E-state index in [0.29, 0.717) is 13.0 Å². The summed E-state index contributed by atoms with van der Waals surface area (Å²) in [5, 5.41) is 15.3. The van der Waals surface area contributed by atoms with Crippen LogP contribution in [-0.4, -0.2) is 62.5 Å². The van der Waals surface area contributed by atoms with Gasteiger partial charge >= 0.3 is 0 Å². The van der Waals surface area contributed by atoms with Gasteiger partial charge < -0.3 is 20.6 Å². The summed E-state index contributed by atoms with van der Waals surface area (Å²) in [5.74, 6) is -1.16. The summed E-state index contributed by atoms with van der Waals surface area (Å²) in [6.07, 6.45) is 3.00. The molecule has 0 saturated carbocycles. The molecule has 3 saturated heterocycles. The van der Waals surface area contributed by atoms with Crippen molar-refractivity contribution in [3.63, 3.8) is 0 Å². The molecule has 6 atom stereocenters. The van der Waals surface area contributed by atoms with Crippen molar-refractivity contribution in [2.45, 2.75) is 75.0 Å². The van der Waals surface area contributed by atoms with Gasteiger partial charge in [0.05, 0.1) is 16.6 Å². The molecule has 34 heavy (non-hydrogen) atoms. The highest BCUT2D eigenvalue weighted by molar-refractivity contribution is 8.02. The van der Waals surface area contributed by atoms with Gasteiger partial charge in [0.2, 0.25) is 17.7 Å². The predicted molar refractivity (Wildman–Crippen MR) is 134 cm³/mol. The molecule has 3 aliphatic heterocycles. The number of aliphatic hydroxyl groups is 1. The molecular weight excluding hydrogens is 450 g/mol. The number of aliphatic hydroxyl groups excluding tert-OH is 1. The predicted octanol–water partition coefficient (Wildman–Crippen LogP) is 3.04. The molecule has 3 unspecified atom stereocenters. The summed E-state index contributed by atoms with van der Waals surface area (Å²) < 4.78 is -0.604. The van der Waals surface area contributed by atoms with Gasteiger partial charge in [0.1, 0.15) is 6.04 Å². The Hall–Kier alpha value is -2.06. The van der Waals surface area contributed by atoms with E-state index < -0.39 is 28.2 Å². The third kappa shape index (κ3) is 4.35. The van der Waals surface area contributed by atoms with Crippen molar-refractivity contribution < 1.29 is 19.5 Å². The summed E-state index contributed by atoms with van der Waals surface area (Å²) in [4.78, 5) is 42.8. The highest BCUT2D eigenvalue weighted by Crippen LogP contribution is 2.68. The van der Waals surface area contributed by atoms with Gasteiger partial charge in [-0.15, -0.1) is 11.8 Å². The summed E-state index contributed by atoms with van der Waals surface area (Å²) in [7, 11) is 0. The average molecular weight is 488 g/mol. The maximum Gasteiger partial charge on any atom is 0.244 e. The molecule has 4 rings (SSSR count). The van der Waals surface area contributed by atoms with Crippen LogP contribution in [0.25, 0.3) is 0 Å². The topological polar surface area (TPSA) is 98.7 Å². The number of hydrogen-bond donors (Lipinski definition) is 3. The van der Waals surface area contributed by atoms with Crippen LogP contribution < -0.4 is 10.6 Å². The summed E-state index contributed by atoms with van der Waals surface area (Å²) >= 11 is 1.69. The maximum absolute atomic E-state index is 13.9. The molecule has 186 valence electrons. The number of nitrogens with zero attached hydrogens (tertiary/aromatic N) is 1. The second-order valence-corrected chi connectivity index (χ2v) is 12.5. The number of anilines is 1. The number of rotatable bonds is 8. The molecule has 1 aromatic carbocycles. The summed E-state index contributed by atoms with van der Waals surface area (Å²) in [6.45, 7) is 8.55. The Morgan fingerprint density at radius 3 is 2.50 bits per heavy atom. The zero-order valence-corrected chi connectivity index (χ0v) is 21.4. The van der Waals surface area contributed by atoms with Gasteiger partial charge in [0, 0.05) is 29.6 Å². The Morgan fingerprint density at radius 2 is 1.85 bits per heavy atom. The van der Waals surface area contributed by atoms with E-state index in [2.05, 4.69) is 17.6 Å². The summed E-state index contributed by atoms with van der Waals surface area (Å²) in [6, 6.07) is 8.73. The molecule has 3 aliphatic rings. The van der Waals surface area contributed by atoms with Gasteiger partial charge in [-0.1, -0.05) is 25.1 Å². The van der Waals surface area contributed by atoms with Crippen LogP contribution in [0.2, 0.25) is 0 Å². The van der Waals surface area contributed by atoms with Crippen LogP contribution in [-0.2, 0) is 14.4 Å². The Morgan fingerprint density at radius 1 is 1.15 bits per heavy atom. The fourth-order valence-corrected chi connectivity index (χ4v) is 8.54. The Balaban J connectivity index is 1.66. The van der Waals surface area contributed by atoms with Gasteiger partial charge in [0.15, 0.2) is 0 Å². The third-order valence-electron chi connectivity index (χ3n) is 7.39. The lowest BCUT2D eigenvalue weighted by atomic mass is 9.65. The Kier molecular flexibility index (Phi) is 7.02. The molecule has 1 spiro atoms. The zero-order valence-electron chi connectivity index (χ0n) is 20.5. The third-order valence-corrected chi connectivity index (χ3v) is 9.47. The van der Waals surface area contributed by atoms with Crippen molar-refractivity contribution in [1.29, 1.82) is 0 Å². The minimum Gasteiger partial charge on any atom is -0.396 e. The molecule has 0 aromatic heterocycles. The number of hydrogen-bond acceptors (Lipinski definition) is 5. The molecule has 0 radical (unpaired) electrons. The second kappa shape index (κ2) is 9.53. The molecule has 3 fully saturated rings. The highest BCUT2D eigenvalue weighted by atomic mass is 32.2. The van der Waals surface area contributed by atoms with E-state index in [4.69, 9.17) is 5.11 Å². The largest absolute Gasteiger partial charge is 0.396 e. The number of carbonyl (C=O) groups is 3. The van der Waals surface area contributed by atoms with Gasteiger partial charge in [-0.2, -0.15) is 0 Å². The molecule has 0 aliphatic carbocycles. The average Bonchev–Trinajstić information content (AvgIpc) is 3.34. The van der Waals surface area contributed by atoms with Gasteiger partial charge in [-0.25, -0.2) is 0 Å². The smallest absolute Gasteiger partial charge is 0.244 e. The first-order valence-electron chi connectivity index (χ1n) is 12.4. The minimum atomic E-state index is -0.604. The van der Waals surface area contributed by atoms with E-state index in [1.165, 1.54) is 0 Å². The number of nitrogens with one attached hydrogen (secondary N) is 2. The van der Waals surface area contributed by atoms with E-state index >= 15 is 0 Å². The van der Waals surface area contributed by atoms with Crippen molar-refractivity contribution in [1.82, 2.24) is 10.2 Å². The van der Waals surface area contributed by atoms with E-state index in [9.17, 15) is 14.4 Å². The Labute approximate surface area is 206 Å². The van der Waals surface area contributed by atoms with E-state index in [-0.39, 0.29) is 35.5 Å². The molecule has 3 N–H and O–H groups in total. The standard InChI is InChI=1S/C26H37N3O4S/c1-16-15-18-19(22(31)27-17-11-7-5-8-12-17)20-24(33)29(13-9-6-10-14-30)21(26(16,20)34-18)23(32)28-25(2,3)4/h5,7-8,11-12,16,18-21,30H,6,9-10,13-15H2,1-4H3,(H,27,31)(H,28,32)/t16?,18-,19+,20-,21?,26?/m0/s1. The number of carbonyl (C=O) groups excluding carboxylic acids is 3. The first kappa shape index (κ1) is 25.0. The molecular formula is C26H37N3O4S. The molecule has 3 heterocycles. The summed E-state index contributed by atoms with van der Waals surface area (Å²) in [5.41, 5.74) is 0.294. The van der Waals surface area contributed by atoms with Gasteiger partial charge in [-0.05, 0) is 64.5 Å². The van der Waals surface area contributed by atoms with Gasteiger partial charge in [0.25, 0.3) is 0 Å². The quantitative estimate of drug-likeness (QED) is 0.490. The number of fused-ring (bicyclic) bond motifs is 1. The monoisotopic (exact) mass is 487 g/mol. The van der Waals surface area contributed by atoms with Crippen molar-refractivity contribution in [3.8, 4) is 0 Å².